The zero-order valence-electron chi connectivity index (χ0n) is 16.7. The van der Waals surface area contributed by atoms with Crippen molar-refractivity contribution >= 4 is 28.1 Å². The molecule has 2 N–H and O–H groups in total. The molecule has 1 aromatic heterocycles. The standard InChI is InChI=1S/C23H27N3O2/c1-15-14-18(26-10-12-28-13-11-26)8-9-20(15)25-17(3)23(27)22-16(2)24-21-7-5-4-6-19(21)22/h4-9,14,17,24-25H,10-13H2,1-3H3/t17-/m1/s1. The highest BCUT2D eigenvalue weighted by molar-refractivity contribution is 6.12. The monoisotopic (exact) mass is 377 g/mol. The molecule has 1 fully saturated rings. The maximum Gasteiger partial charge on any atom is 0.187 e. The number of ether oxygens (including phenoxy) is 1. The molecule has 28 heavy (non-hydrogen) atoms. The van der Waals surface area contributed by atoms with E-state index in [-0.39, 0.29) is 11.8 Å². The Kier molecular flexibility index (Phi) is 5.09. The van der Waals surface area contributed by atoms with Crippen molar-refractivity contribution in [3.8, 4) is 0 Å². The SMILES string of the molecule is Cc1cc(N2CCOCC2)ccc1N[C@H](C)C(=O)c1c(C)[nH]c2ccccc12. The number of aryl methyl sites for hydroxylation is 2. The molecule has 0 bridgehead atoms. The fraction of sp³-hybridized carbons (Fsp3) is 0.348. The summed E-state index contributed by atoms with van der Waals surface area (Å²) in [6.07, 6.45) is 0. The topological polar surface area (TPSA) is 57.4 Å². The van der Waals surface area contributed by atoms with Gasteiger partial charge >= 0.3 is 0 Å². The third-order valence-corrected chi connectivity index (χ3v) is 5.49. The summed E-state index contributed by atoms with van der Waals surface area (Å²) < 4.78 is 5.44. The summed E-state index contributed by atoms with van der Waals surface area (Å²) in [6.45, 7) is 9.35. The zero-order chi connectivity index (χ0) is 19.7. The molecule has 146 valence electrons. The van der Waals surface area contributed by atoms with Crippen molar-refractivity contribution in [3.63, 3.8) is 0 Å². The van der Waals surface area contributed by atoms with Crippen LogP contribution in [0.2, 0.25) is 0 Å². The van der Waals surface area contributed by atoms with Gasteiger partial charge in [-0.3, -0.25) is 4.79 Å². The van der Waals surface area contributed by atoms with E-state index in [9.17, 15) is 4.79 Å². The summed E-state index contributed by atoms with van der Waals surface area (Å²) in [4.78, 5) is 18.8. The zero-order valence-corrected chi connectivity index (χ0v) is 16.7. The Morgan fingerprint density at radius 3 is 2.64 bits per heavy atom. The number of nitrogens with zero attached hydrogens (tertiary/aromatic N) is 1. The van der Waals surface area contributed by atoms with Gasteiger partial charge in [-0.2, -0.15) is 0 Å². The van der Waals surface area contributed by atoms with E-state index in [4.69, 9.17) is 4.74 Å². The van der Waals surface area contributed by atoms with E-state index in [1.807, 2.05) is 38.1 Å². The lowest BCUT2D eigenvalue weighted by Crippen LogP contribution is -2.36. The quantitative estimate of drug-likeness (QED) is 0.651. The molecule has 3 aromatic rings. The number of para-hydroxylation sites is 1. The first-order valence-electron chi connectivity index (χ1n) is 9.86. The molecule has 0 radical (unpaired) electrons. The number of Topliss-reactive ketones (excluding diaryl/α,β-unsaturated/α-hetero) is 1. The van der Waals surface area contributed by atoms with Crippen LogP contribution in [0.25, 0.3) is 10.9 Å². The van der Waals surface area contributed by atoms with Crippen LogP contribution in [-0.2, 0) is 4.74 Å². The molecule has 2 aromatic carbocycles. The maximum absolute atomic E-state index is 13.2. The second-order valence-corrected chi connectivity index (χ2v) is 7.50. The Morgan fingerprint density at radius 1 is 1.14 bits per heavy atom. The first kappa shape index (κ1) is 18.6. The average molecular weight is 377 g/mol. The van der Waals surface area contributed by atoms with Crippen LogP contribution < -0.4 is 10.2 Å². The van der Waals surface area contributed by atoms with Gasteiger partial charge in [0, 0.05) is 46.6 Å². The average Bonchev–Trinajstić information content (AvgIpc) is 3.05. The molecule has 1 saturated heterocycles. The third kappa shape index (κ3) is 3.50. The molecule has 5 heteroatoms. The van der Waals surface area contributed by atoms with Crippen molar-refractivity contribution in [3.05, 3.63) is 59.3 Å². The van der Waals surface area contributed by atoms with E-state index in [2.05, 4.69) is 40.3 Å². The summed E-state index contributed by atoms with van der Waals surface area (Å²) in [5.74, 6) is 0.103. The molecule has 0 aliphatic carbocycles. The van der Waals surface area contributed by atoms with Crippen LogP contribution in [0.15, 0.2) is 42.5 Å². The van der Waals surface area contributed by atoms with Gasteiger partial charge in [0.2, 0.25) is 0 Å². The molecule has 1 atom stereocenters. The highest BCUT2D eigenvalue weighted by Crippen LogP contribution is 2.27. The first-order chi connectivity index (χ1) is 13.5. The van der Waals surface area contributed by atoms with Crippen LogP contribution in [-0.4, -0.2) is 43.1 Å². The van der Waals surface area contributed by atoms with Crippen molar-refractivity contribution < 1.29 is 9.53 Å². The largest absolute Gasteiger partial charge is 0.378 e. The van der Waals surface area contributed by atoms with Crippen molar-refractivity contribution in [1.29, 1.82) is 0 Å². The summed E-state index contributed by atoms with van der Waals surface area (Å²) >= 11 is 0. The molecule has 1 aliphatic rings. The van der Waals surface area contributed by atoms with Crippen molar-refractivity contribution in [2.75, 3.05) is 36.5 Å². The normalized spacial score (nSPS) is 15.6. The maximum atomic E-state index is 13.2. The van der Waals surface area contributed by atoms with Gasteiger partial charge in [-0.05, 0) is 50.6 Å². The second kappa shape index (κ2) is 7.68. The van der Waals surface area contributed by atoms with Gasteiger partial charge < -0.3 is 19.9 Å². The van der Waals surface area contributed by atoms with Gasteiger partial charge in [-0.25, -0.2) is 0 Å². The van der Waals surface area contributed by atoms with E-state index in [0.29, 0.717) is 0 Å². The van der Waals surface area contributed by atoms with Crippen LogP contribution >= 0.6 is 0 Å². The number of rotatable bonds is 5. The first-order valence-corrected chi connectivity index (χ1v) is 9.86. The van der Waals surface area contributed by atoms with Gasteiger partial charge in [0.1, 0.15) is 0 Å². The van der Waals surface area contributed by atoms with Crippen LogP contribution in [0, 0.1) is 13.8 Å². The number of benzene rings is 2. The number of H-pyrrole nitrogens is 1. The molecular formula is C23H27N3O2. The number of nitrogens with one attached hydrogen (secondary N) is 2. The molecule has 0 spiro atoms. The molecule has 1 aliphatic heterocycles. The van der Waals surface area contributed by atoms with Crippen molar-refractivity contribution in [2.24, 2.45) is 0 Å². The van der Waals surface area contributed by atoms with Crippen LogP contribution in [0.1, 0.15) is 28.5 Å². The van der Waals surface area contributed by atoms with Gasteiger partial charge in [0.05, 0.1) is 19.3 Å². The summed E-state index contributed by atoms with van der Waals surface area (Å²) in [5.41, 5.74) is 6.03. The van der Waals surface area contributed by atoms with Crippen LogP contribution in [0.4, 0.5) is 11.4 Å². The second-order valence-electron chi connectivity index (χ2n) is 7.50. The number of aromatic nitrogens is 1. The minimum Gasteiger partial charge on any atom is -0.378 e. The number of aromatic amines is 1. The number of morpholine rings is 1. The minimum absolute atomic E-state index is 0.103. The Hall–Kier alpha value is -2.79. The van der Waals surface area contributed by atoms with Gasteiger partial charge in [-0.15, -0.1) is 0 Å². The highest BCUT2D eigenvalue weighted by Gasteiger charge is 2.22. The van der Waals surface area contributed by atoms with Crippen LogP contribution in [0.5, 0.6) is 0 Å². The van der Waals surface area contributed by atoms with Gasteiger partial charge in [-0.1, -0.05) is 18.2 Å². The van der Waals surface area contributed by atoms with Crippen molar-refractivity contribution in [2.45, 2.75) is 26.8 Å². The Morgan fingerprint density at radius 2 is 1.89 bits per heavy atom. The third-order valence-electron chi connectivity index (χ3n) is 5.49. The van der Waals surface area contributed by atoms with Crippen molar-refractivity contribution in [1.82, 2.24) is 4.98 Å². The fourth-order valence-electron chi connectivity index (χ4n) is 3.94. The number of anilines is 2. The summed E-state index contributed by atoms with van der Waals surface area (Å²) in [5, 5.41) is 4.40. The lowest BCUT2D eigenvalue weighted by Gasteiger charge is -2.29. The molecule has 2 heterocycles. The predicted molar refractivity (Wildman–Crippen MR) is 115 cm³/mol. The number of fused-ring (bicyclic) bond motifs is 1. The molecular weight excluding hydrogens is 350 g/mol. The van der Waals surface area contributed by atoms with E-state index >= 15 is 0 Å². The predicted octanol–water partition coefficient (Wildman–Crippen LogP) is 4.30. The van der Waals surface area contributed by atoms with E-state index in [1.54, 1.807) is 0 Å². The summed E-state index contributed by atoms with van der Waals surface area (Å²) in [7, 11) is 0. The molecule has 0 saturated carbocycles. The minimum atomic E-state index is -0.314. The van der Waals surface area contributed by atoms with E-state index < -0.39 is 0 Å². The van der Waals surface area contributed by atoms with E-state index in [1.165, 1.54) is 5.69 Å². The Labute approximate surface area is 165 Å². The van der Waals surface area contributed by atoms with E-state index in [0.717, 1.165) is 59.7 Å². The fourth-order valence-corrected chi connectivity index (χ4v) is 3.94. The molecule has 0 unspecified atom stereocenters. The lowest BCUT2D eigenvalue weighted by atomic mass is 10.0. The number of ketones is 1. The van der Waals surface area contributed by atoms with Crippen LogP contribution in [0.3, 0.4) is 0 Å². The smallest absolute Gasteiger partial charge is 0.187 e. The number of carbonyl (C=O) groups excluding carboxylic acids is 1. The summed E-state index contributed by atoms with van der Waals surface area (Å²) in [6, 6.07) is 14.0. The lowest BCUT2D eigenvalue weighted by molar-refractivity contribution is 0.0976. The molecule has 5 nitrogen and oxygen atoms in total. The Bertz CT molecular complexity index is 1000. The number of carbonyl (C=O) groups is 1. The number of hydrogen-bond donors (Lipinski definition) is 2. The molecule has 4 rings (SSSR count). The Balaban J connectivity index is 1.53. The van der Waals surface area contributed by atoms with Gasteiger partial charge in [0.15, 0.2) is 5.78 Å². The number of hydrogen-bond acceptors (Lipinski definition) is 4. The molecule has 0 amide bonds. The van der Waals surface area contributed by atoms with Gasteiger partial charge in [0.25, 0.3) is 0 Å². The highest BCUT2D eigenvalue weighted by atomic mass is 16.5.